The van der Waals surface area contributed by atoms with Crippen molar-refractivity contribution in [2.75, 3.05) is 13.7 Å². The quantitative estimate of drug-likeness (QED) is 0.591. The van der Waals surface area contributed by atoms with Gasteiger partial charge in [-0.3, -0.25) is 4.79 Å². The second-order valence-electron chi connectivity index (χ2n) is 8.43. The maximum Gasteiger partial charge on any atom is 0.336 e. The van der Waals surface area contributed by atoms with Crippen LogP contribution in [0.4, 0.5) is 0 Å². The summed E-state index contributed by atoms with van der Waals surface area (Å²) in [5.41, 5.74) is 4.30. The number of ether oxygens (including phenoxy) is 2. The molecule has 0 unspecified atom stereocenters. The molecule has 5 nitrogen and oxygen atoms in total. The van der Waals surface area contributed by atoms with E-state index >= 15 is 0 Å². The number of nitrogens with zero attached hydrogens (tertiary/aromatic N) is 1. The van der Waals surface area contributed by atoms with Gasteiger partial charge >= 0.3 is 5.97 Å². The first-order valence-electron chi connectivity index (χ1n) is 10.7. The Hall–Kier alpha value is -3.08. The summed E-state index contributed by atoms with van der Waals surface area (Å²) in [5.74, 6) is 0.275. The molecular formula is C26H31NO4. The molecule has 5 heteroatoms. The van der Waals surface area contributed by atoms with E-state index in [1.807, 2.05) is 76.2 Å². The van der Waals surface area contributed by atoms with E-state index in [0.29, 0.717) is 24.4 Å². The van der Waals surface area contributed by atoms with E-state index in [1.54, 1.807) is 12.0 Å². The second-order valence-corrected chi connectivity index (χ2v) is 8.43. The average Bonchev–Trinajstić information content (AvgIpc) is 2.75. The summed E-state index contributed by atoms with van der Waals surface area (Å²) in [6.07, 6.45) is 0.224. The van der Waals surface area contributed by atoms with Crippen molar-refractivity contribution in [3.05, 3.63) is 76.5 Å². The van der Waals surface area contributed by atoms with Crippen molar-refractivity contribution in [3.63, 3.8) is 0 Å². The lowest BCUT2D eigenvalue weighted by molar-refractivity contribution is -0.141. The molecule has 0 fully saturated rings. The molecule has 1 aliphatic rings. The number of aryl methyl sites for hydroxylation is 1. The SMILES string of the molecule is COc1ccc([C@H]2CC(=O)N(Cc3ccccc3C)C(C)=C2C(=O)OCC(C)C)cc1. The van der Waals surface area contributed by atoms with Crippen LogP contribution in [0.1, 0.15) is 49.8 Å². The Labute approximate surface area is 184 Å². The van der Waals surface area contributed by atoms with Crippen molar-refractivity contribution in [2.24, 2.45) is 5.92 Å². The van der Waals surface area contributed by atoms with Gasteiger partial charge in [0.1, 0.15) is 5.75 Å². The van der Waals surface area contributed by atoms with Gasteiger partial charge < -0.3 is 14.4 Å². The van der Waals surface area contributed by atoms with Crippen LogP contribution in [0.2, 0.25) is 0 Å². The topological polar surface area (TPSA) is 55.8 Å². The molecule has 1 heterocycles. The van der Waals surface area contributed by atoms with Gasteiger partial charge in [0.25, 0.3) is 0 Å². The fraction of sp³-hybridized carbons (Fsp3) is 0.385. The fourth-order valence-electron chi connectivity index (χ4n) is 3.87. The second kappa shape index (κ2) is 9.82. The van der Waals surface area contributed by atoms with Gasteiger partial charge in [-0.15, -0.1) is 0 Å². The molecular weight excluding hydrogens is 390 g/mol. The first-order valence-corrected chi connectivity index (χ1v) is 10.7. The lowest BCUT2D eigenvalue weighted by Gasteiger charge is -2.35. The van der Waals surface area contributed by atoms with Gasteiger partial charge in [-0.2, -0.15) is 0 Å². The molecule has 0 radical (unpaired) electrons. The lowest BCUT2D eigenvalue weighted by atomic mass is 9.83. The molecule has 31 heavy (non-hydrogen) atoms. The third-order valence-corrected chi connectivity index (χ3v) is 5.70. The molecule has 0 saturated heterocycles. The van der Waals surface area contributed by atoms with Crippen LogP contribution in [0, 0.1) is 12.8 Å². The number of hydrogen-bond donors (Lipinski definition) is 0. The third-order valence-electron chi connectivity index (χ3n) is 5.70. The van der Waals surface area contributed by atoms with Crippen LogP contribution < -0.4 is 4.74 Å². The first kappa shape index (κ1) is 22.6. The number of amides is 1. The molecule has 1 aliphatic heterocycles. The Kier molecular flexibility index (Phi) is 7.16. The van der Waals surface area contributed by atoms with Crippen molar-refractivity contribution in [2.45, 2.75) is 46.6 Å². The Balaban J connectivity index is 2.01. The fourth-order valence-corrected chi connectivity index (χ4v) is 3.87. The summed E-state index contributed by atoms with van der Waals surface area (Å²) in [6.45, 7) is 8.66. The third kappa shape index (κ3) is 5.16. The number of esters is 1. The highest BCUT2D eigenvalue weighted by atomic mass is 16.5. The minimum Gasteiger partial charge on any atom is -0.497 e. The molecule has 2 aromatic rings. The van der Waals surface area contributed by atoms with Crippen LogP contribution in [0.15, 0.2) is 59.8 Å². The minimum atomic E-state index is -0.352. The number of benzene rings is 2. The van der Waals surface area contributed by atoms with E-state index in [9.17, 15) is 9.59 Å². The first-order chi connectivity index (χ1) is 14.8. The van der Waals surface area contributed by atoms with Crippen LogP contribution in [-0.4, -0.2) is 30.5 Å². The van der Waals surface area contributed by atoms with Crippen molar-refractivity contribution in [1.82, 2.24) is 4.90 Å². The molecule has 0 spiro atoms. The number of rotatable bonds is 7. The van der Waals surface area contributed by atoms with E-state index in [4.69, 9.17) is 9.47 Å². The highest BCUT2D eigenvalue weighted by Crippen LogP contribution is 2.38. The molecule has 0 aromatic heterocycles. The van der Waals surface area contributed by atoms with Crippen molar-refractivity contribution >= 4 is 11.9 Å². The van der Waals surface area contributed by atoms with Crippen LogP contribution in [0.5, 0.6) is 5.75 Å². The Morgan fingerprint density at radius 1 is 1.10 bits per heavy atom. The summed E-state index contributed by atoms with van der Waals surface area (Å²) in [6, 6.07) is 15.5. The van der Waals surface area contributed by atoms with E-state index in [1.165, 1.54) is 0 Å². The molecule has 164 valence electrons. The highest BCUT2D eigenvalue weighted by Gasteiger charge is 2.37. The Bertz CT molecular complexity index is 975. The molecule has 0 bridgehead atoms. The maximum absolute atomic E-state index is 13.2. The zero-order valence-electron chi connectivity index (χ0n) is 19.0. The standard InChI is InChI=1S/C26H31NO4/c1-17(2)16-31-26(29)25-19(4)27(15-21-9-7-6-8-18(21)3)24(28)14-23(25)20-10-12-22(30-5)13-11-20/h6-13,17,23H,14-16H2,1-5H3/t23-/m1/s1. The largest absolute Gasteiger partial charge is 0.497 e. The predicted octanol–water partition coefficient (Wildman–Crippen LogP) is 4.99. The van der Waals surface area contributed by atoms with Gasteiger partial charge in [0.2, 0.25) is 5.91 Å². The Morgan fingerprint density at radius 3 is 2.39 bits per heavy atom. The van der Waals surface area contributed by atoms with Crippen molar-refractivity contribution in [3.8, 4) is 5.75 Å². The zero-order chi connectivity index (χ0) is 22.5. The predicted molar refractivity (Wildman–Crippen MR) is 121 cm³/mol. The summed E-state index contributed by atoms with van der Waals surface area (Å²) < 4.78 is 10.9. The van der Waals surface area contributed by atoms with E-state index in [0.717, 1.165) is 22.4 Å². The monoisotopic (exact) mass is 421 g/mol. The molecule has 1 atom stereocenters. The molecule has 3 rings (SSSR count). The summed E-state index contributed by atoms with van der Waals surface area (Å²) in [5, 5.41) is 0. The van der Waals surface area contributed by atoms with Crippen molar-refractivity contribution in [1.29, 1.82) is 0 Å². The Morgan fingerprint density at radius 2 is 1.77 bits per heavy atom. The number of allylic oxidation sites excluding steroid dienone is 1. The average molecular weight is 422 g/mol. The zero-order valence-corrected chi connectivity index (χ0v) is 19.0. The smallest absolute Gasteiger partial charge is 0.336 e. The molecule has 2 aromatic carbocycles. The summed E-state index contributed by atoms with van der Waals surface area (Å²) in [7, 11) is 1.61. The van der Waals surface area contributed by atoms with Gasteiger partial charge in [0.15, 0.2) is 0 Å². The van der Waals surface area contributed by atoms with Crippen LogP contribution in [-0.2, 0) is 20.9 Å². The molecule has 0 N–H and O–H groups in total. The van der Waals surface area contributed by atoms with Gasteiger partial charge in [-0.05, 0) is 48.6 Å². The van der Waals surface area contributed by atoms with Gasteiger partial charge in [0.05, 0.1) is 25.8 Å². The number of carbonyl (C=O) groups is 2. The van der Waals surface area contributed by atoms with E-state index in [2.05, 4.69) is 0 Å². The normalized spacial score (nSPS) is 16.6. The molecule has 0 saturated carbocycles. The number of methoxy groups -OCH3 is 1. The number of carbonyl (C=O) groups excluding carboxylic acids is 2. The van der Waals surface area contributed by atoms with Crippen LogP contribution in [0.25, 0.3) is 0 Å². The van der Waals surface area contributed by atoms with Gasteiger partial charge in [-0.25, -0.2) is 4.79 Å². The maximum atomic E-state index is 13.2. The minimum absolute atomic E-state index is 0.00183. The molecule has 0 aliphatic carbocycles. The van der Waals surface area contributed by atoms with E-state index < -0.39 is 0 Å². The van der Waals surface area contributed by atoms with Gasteiger partial charge in [0, 0.05) is 18.0 Å². The van der Waals surface area contributed by atoms with Gasteiger partial charge in [-0.1, -0.05) is 50.2 Å². The van der Waals surface area contributed by atoms with E-state index in [-0.39, 0.29) is 30.1 Å². The van der Waals surface area contributed by atoms with Crippen LogP contribution >= 0.6 is 0 Å². The van der Waals surface area contributed by atoms with Crippen LogP contribution in [0.3, 0.4) is 0 Å². The van der Waals surface area contributed by atoms with Crippen molar-refractivity contribution < 1.29 is 19.1 Å². The highest BCUT2D eigenvalue weighted by molar-refractivity contribution is 5.95. The summed E-state index contributed by atoms with van der Waals surface area (Å²) in [4.78, 5) is 28.0. The lowest BCUT2D eigenvalue weighted by Crippen LogP contribution is -2.38. The molecule has 1 amide bonds. The number of hydrogen-bond acceptors (Lipinski definition) is 4. The summed E-state index contributed by atoms with van der Waals surface area (Å²) >= 11 is 0.